The lowest BCUT2D eigenvalue weighted by atomic mass is 9.90. The van der Waals surface area contributed by atoms with Crippen LogP contribution in [0.1, 0.15) is 49.3 Å². The lowest BCUT2D eigenvalue weighted by Gasteiger charge is -2.35. The smallest absolute Gasteiger partial charge is 0.295 e. The number of ketones is 1. The van der Waals surface area contributed by atoms with Crippen molar-refractivity contribution in [1.82, 2.24) is 9.88 Å². The molecule has 2 aliphatic rings. The number of aliphatic hydroxyl groups excluding tert-OH is 1. The van der Waals surface area contributed by atoms with Gasteiger partial charge in [-0.3, -0.25) is 9.59 Å². The van der Waals surface area contributed by atoms with E-state index in [2.05, 4.69) is 4.98 Å². The van der Waals surface area contributed by atoms with E-state index < -0.39 is 17.7 Å². The molecule has 3 aromatic rings. The monoisotopic (exact) mass is 460 g/mol. The molecule has 1 unspecified atom stereocenters. The summed E-state index contributed by atoms with van der Waals surface area (Å²) in [5.74, 6) is -0.832. The highest BCUT2D eigenvalue weighted by atomic mass is 16.5. The van der Waals surface area contributed by atoms with Crippen LogP contribution in [0.25, 0.3) is 16.7 Å². The van der Waals surface area contributed by atoms with Crippen LogP contribution in [0.15, 0.2) is 54.2 Å². The molecular formula is C27H28N2O5. The Hall–Kier alpha value is -3.74. The summed E-state index contributed by atoms with van der Waals surface area (Å²) >= 11 is 0. The second-order valence-electron chi connectivity index (χ2n) is 8.83. The molecule has 1 aromatic heterocycles. The van der Waals surface area contributed by atoms with Crippen molar-refractivity contribution in [2.24, 2.45) is 0 Å². The maximum absolute atomic E-state index is 13.5. The Balaban J connectivity index is 1.77. The zero-order valence-corrected chi connectivity index (χ0v) is 19.3. The lowest BCUT2D eigenvalue weighted by molar-refractivity contribution is -0.141. The molecule has 1 saturated heterocycles. The second-order valence-corrected chi connectivity index (χ2v) is 8.83. The fraction of sp³-hybridized carbons (Fsp3) is 0.333. The molecule has 7 heteroatoms. The molecule has 1 saturated carbocycles. The van der Waals surface area contributed by atoms with Crippen LogP contribution in [-0.2, 0) is 9.59 Å². The van der Waals surface area contributed by atoms with Gasteiger partial charge in [0.25, 0.3) is 11.7 Å². The number of aromatic amines is 1. The predicted octanol–water partition coefficient (Wildman–Crippen LogP) is 4.94. The van der Waals surface area contributed by atoms with Gasteiger partial charge in [0.05, 0.1) is 25.8 Å². The molecule has 7 nitrogen and oxygen atoms in total. The van der Waals surface area contributed by atoms with Gasteiger partial charge in [0.2, 0.25) is 0 Å². The van der Waals surface area contributed by atoms with E-state index in [4.69, 9.17) is 9.47 Å². The van der Waals surface area contributed by atoms with Crippen molar-refractivity contribution in [1.29, 1.82) is 0 Å². The van der Waals surface area contributed by atoms with Crippen molar-refractivity contribution in [2.45, 2.75) is 44.2 Å². The van der Waals surface area contributed by atoms with Crippen LogP contribution < -0.4 is 9.47 Å². The molecule has 5 rings (SSSR count). The van der Waals surface area contributed by atoms with E-state index in [1.165, 1.54) is 14.2 Å². The molecule has 0 radical (unpaired) electrons. The fourth-order valence-corrected chi connectivity index (χ4v) is 5.43. The Morgan fingerprint density at radius 1 is 0.971 bits per heavy atom. The maximum atomic E-state index is 13.5. The minimum Gasteiger partial charge on any atom is -0.506 e. The van der Waals surface area contributed by atoms with E-state index in [9.17, 15) is 14.7 Å². The first-order valence-electron chi connectivity index (χ1n) is 11.6. The Kier molecular flexibility index (Phi) is 5.77. The van der Waals surface area contributed by atoms with E-state index in [1.807, 2.05) is 30.5 Å². The number of para-hydroxylation sites is 1. The van der Waals surface area contributed by atoms with Crippen molar-refractivity contribution in [3.05, 3.63) is 65.4 Å². The molecule has 1 aliphatic heterocycles. The standard InChI is InChI=1S/C27H28N2O5/c1-33-20-13-8-14-21(34-2)22(20)25(30)23-24(18-15-28-19-12-7-6-11-17(18)19)29(27(32)26(23)31)16-9-4-3-5-10-16/h6-8,11-16,24,28,30H,3-5,9-10H2,1-2H3/b25-23+. The third-order valence-electron chi connectivity index (χ3n) is 7.03. The number of benzene rings is 2. The van der Waals surface area contributed by atoms with Crippen LogP contribution in [0.5, 0.6) is 11.5 Å². The summed E-state index contributed by atoms with van der Waals surface area (Å²) in [5.41, 5.74) is 2.01. The molecule has 1 amide bonds. The molecule has 34 heavy (non-hydrogen) atoms. The van der Waals surface area contributed by atoms with E-state index in [0.717, 1.165) is 48.6 Å². The Labute approximate surface area is 198 Å². The van der Waals surface area contributed by atoms with Crippen molar-refractivity contribution in [3.8, 4) is 11.5 Å². The molecule has 0 bridgehead atoms. The number of rotatable bonds is 5. The van der Waals surface area contributed by atoms with E-state index >= 15 is 0 Å². The van der Waals surface area contributed by atoms with E-state index in [1.54, 1.807) is 23.1 Å². The molecule has 1 aliphatic carbocycles. The minimum atomic E-state index is -0.714. The van der Waals surface area contributed by atoms with Crippen molar-refractivity contribution < 1.29 is 24.2 Å². The molecule has 176 valence electrons. The first-order valence-corrected chi connectivity index (χ1v) is 11.6. The van der Waals surface area contributed by atoms with E-state index in [0.29, 0.717) is 11.5 Å². The Morgan fingerprint density at radius 3 is 2.32 bits per heavy atom. The number of carbonyl (C=O) groups is 2. The summed E-state index contributed by atoms with van der Waals surface area (Å²) in [7, 11) is 2.98. The number of aliphatic hydroxyl groups is 1. The molecule has 2 N–H and O–H groups in total. The quantitative estimate of drug-likeness (QED) is 0.320. The SMILES string of the molecule is COc1cccc(OC)c1/C(O)=C1\C(=O)C(=O)N(C2CCCCC2)C1c1c[nH]c2ccccc12. The van der Waals surface area contributed by atoms with Gasteiger partial charge in [-0.2, -0.15) is 0 Å². The fourth-order valence-electron chi connectivity index (χ4n) is 5.43. The van der Waals surface area contributed by atoms with Crippen molar-refractivity contribution in [3.63, 3.8) is 0 Å². The number of carbonyl (C=O) groups excluding carboxylic acids is 2. The summed E-state index contributed by atoms with van der Waals surface area (Å²) in [6.45, 7) is 0. The molecular weight excluding hydrogens is 432 g/mol. The van der Waals surface area contributed by atoms with Gasteiger partial charge in [0, 0.05) is 28.7 Å². The van der Waals surface area contributed by atoms with Crippen LogP contribution in [0, 0.1) is 0 Å². The van der Waals surface area contributed by atoms with Gasteiger partial charge in [-0.05, 0) is 31.0 Å². The number of amides is 1. The van der Waals surface area contributed by atoms with Gasteiger partial charge in [0.1, 0.15) is 22.8 Å². The highest BCUT2D eigenvalue weighted by Crippen LogP contribution is 2.47. The largest absolute Gasteiger partial charge is 0.506 e. The number of aromatic nitrogens is 1. The average molecular weight is 461 g/mol. The van der Waals surface area contributed by atoms with Gasteiger partial charge >= 0.3 is 0 Å². The molecule has 2 heterocycles. The molecule has 2 aromatic carbocycles. The number of H-pyrrole nitrogens is 1. The summed E-state index contributed by atoms with van der Waals surface area (Å²) in [5, 5.41) is 12.5. The molecule has 2 fully saturated rings. The number of hydrogen-bond donors (Lipinski definition) is 2. The van der Waals surface area contributed by atoms with Crippen LogP contribution in [0.3, 0.4) is 0 Å². The van der Waals surface area contributed by atoms with Crippen LogP contribution in [-0.4, -0.2) is 46.9 Å². The number of hydrogen-bond acceptors (Lipinski definition) is 5. The van der Waals surface area contributed by atoms with Gasteiger partial charge in [0.15, 0.2) is 0 Å². The number of Topliss-reactive ketones (excluding diaryl/α,β-unsaturated/α-hetero) is 1. The van der Waals surface area contributed by atoms with Crippen LogP contribution in [0.4, 0.5) is 0 Å². The first-order chi connectivity index (χ1) is 16.6. The number of fused-ring (bicyclic) bond motifs is 1. The van der Waals surface area contributed by atoms with Gasteiger partial charge in [-0.25, -0.2) is 0 Å². The lowest BCUT2D eigenvalue weighted by Crippen LogP contribution is -2.40. The number of methoxy groups -OCH3 is 2. The third kappa shape index (κ3) is 3.43. The second kappa shape index (κ2) is 8.89. The zero-order chi connectivity index (χ0) is 23.8. The Bertz CT molecular complexity index is 1260. The predicted molar refractivity (Wildman–Crippen MR) is 129 cm³/mol. The summed E-state index contributed by atoms with van der Waals surface area (Å²) in [4.78, 5) is 31.9. The highest BCUT2D eigenvalue weighted by Gasteiger charge is 2.50. The van der Waals surface area contributed by atoms with Crippen molar-refractivity contribution in [2.75, 3.05) is 14.2 Å². The van der Waals surface area contributed by atoms with Crippen LogP contribution >= 0.6 is 0 Å². The number of likely N-dealkylation sites (tertiary alicyclic amines) is 1. The third-order valence-corrected chi connectivity index (χ3v) is 7.03. The summed E-state index contributed by atoms with van der Waals surface area (Å²) < 4.78 is 11.0. The first kappa shape index (κ1) is 22.1. The number of ether oxygens (including phenoxy) is 2. The highest BCUT2D eigenvalue weighted by molar-refractivity contribution is 6.47. The topological polar surface area (TPSA) is 91.9 Å². The summed E-state index contributed by atoms with van der Waals surface area (Å²) in [6, 6.07) is 12.1. The van der Waals surface area contributed by atoms with Gasteiger partial charge in [-0.15, -0.1) is 0 Å². The zero-order valence-electron chi connectivity index (χ0n) is 19.3. The molecule has 0 spiro atoms. The minimum absolute atomic E-state index is 0.0585. The van der Waals surface area contributed by atoms with Crippen LogP contribution in [0.2, 0.25) is 0 Å². The number of nitrogens with zero attached hydrogens (tertiary/aromatic N) is 1. The van der Waals surface area contributed by atoms with Crippen molar-refractivity contribution >= 4 is 28.4 Å². The Morgan fingerprint density at radius 2 is 1.65 bits per heavy atom. The van der Waals surface area contributed by atoms with Gasteiger partial charge < -0.3 is 24.5 Å². The maximum Gasteiger partial charge on any atom is 0.295 e. The average Bonchev–Trinajstić information content (AvgIpc) is 3.42. The van der Waals surface area contributed by atoms with E-state index in [-0.39, 0.29) is 22.9 Å². The van der Waals surface area contributed by atoms with Gasteiger partial charge in [-0.1, -0.05) is 43.5 Å². The normalized spacial score (nSPS) is 20.8. The summed E-state index contributed by atoms with van der Waals surface area (Å²) in [6.07, 6.45) is 6.65. The number of nitrogens with one attached hydrogen (secondary N) is 1. The molecule has 1 atom stereocenters.